The second-order valence-electron chi connectivity index (χ2n) is 8.89. The highest BCUT2D eigenvalue weighted by Gasteiger charge is 2.42. The van der Waals surface area contributed by atoms with E-state index in [0.717, 1.165) is 16.8 Å². The Morgan fingerprint density at radius 2 is 1.74 bits per heavy atom. The van der Waals surface area contributed by atoms with E-state index in [9.17, 15) is 31.1 Å². The summed E-state index contributed by atoms with van der Waals surface area (Å²) >= 11 is 0. The average Bonchev–Trinajstić information content (AvgIpc) is 3.52. The van der Waals surface area contributed by atoms with Crippen LogP contribution in [0.2, 0.25) is 0 Å². The number of ether oxygens (including phenoxy) is 1. The van der Waals surface area contributed by atoms with Gasteiger partial charge in [-0.05, 0) is 42.8 Å². The lowest BCUT2D eigenvalue weighted by Crippen LogP contribution is -2.41. The molecule has 0 radical (unpaired) electrons. The Morgan fingerprint density at radius 3 is 2.34 bits per heavy atom. The summed E-state index contributed by atoms with van der Waals surface area (Å²) < 4.78 is 88.0. The number of rotatable bonds is 10. The highest BCUT2D eigenvalue weighted by molar-refractivity contribution is 5.36. The van der Waals surface area contributed by atoms with Gasteiger partial charge in [0.05, 0.1) is 12.2 Å². The molecule has 0 fully saturated rings. The summed E-state index contributed by atoms with van der Waals surface area (Å²) in [6, 6.07) is 7.60. The molecule has 14 heteroatoms. The van der Waals surface area contributed by atoms with Crippen molar-refractivity contribution < 1.29 is 31.1 Å². The second kappa shape index (κ2) is 10.3. The lowest BCUT2D eigenvalue weighted by atomic mass is 9.76. The number of nitrogens with zero attached hydrogens (tertiary/aromatic N) is 6. The first-order valence-electron chi connectivity index (χ1n) is 11.3. The summed E-state index contributed by atoms with van der Waals surface area (Å²) in [6.45, 7) is 1.94. The summed E-state index contributed by atoms with van der Waals surface area (Å²) in [5.41, 5.74) is -1.36. The van der Waals surface area contributed by atoms with Crippen LogP contribution in [-0.2, 0) is 12.0 Å². The molecule has 0 N–H and O–H groups in total. The van der Waals surface area contributed by atoms with Crippen LogP contribution in [0.25, 0.3) is 5.69 Å². The summed E-state index contributed by atoms with van der Waals surface area (Å²) in [4.78, 5) is 17.2. The maximum Gasteiger partial charge on any atom is 0.350 e. The smallest absolute Gasteiger partial charge is 0.350 e. The standard InChI is InChI=1S/C24H22F6N6O2/c1-15(23(2,10-34-13-31-12-32-34)19-8-3-16(25)9-20(19)26)35-14-33-36(22(35)37)17-4-6-18(7-5-17)38-11-24(29,30)21(27)28/h3-9,12-15,21H,10-11H2,1-2H3. The van der Waals surface area contributed by atoms with Crippen LogP contribution in [0.3, 0.4) is 0 Å². The molecule has 0 aliphatic heterocycles. The molecule has 0 saturated carbocycles. The van der Waals surface area contributed by atoms with E-state index >= 15 is 0 Å². The van der Waals surface area contributed by atoms with Gasteiger partial charge < -0.3 is 4.74 Å². The first-order valence-corrected chi connectivity index (χ1v) is 11.3. The van der Waals surface area contributed by atoms with Crippen LogP contribution in [-0.4, -0.2) is 48.1 Å². The maximum absolute atomic E-state index is 14.9. The molecular weight excluding hydrogens is 518 g/mol. The van der Waals surface area contributed by atoms with Crippen molar-refractivity contribution in [1.82, 2.24) is 29.1 Å². The fourth-order valence-electron chi connectivity index (χ4n) is 4.04. The van der Waals surface area contributed by atoms with Crippen LogP contribution in [0.4, 0.5) is 26.3 Å². The van der Waals surface area contributed by atoms with E-state index in [2.05, 4.69) is 15.2 Å². The molecule has 38 heavy (non-hydrogen) atoms. The normalized spacial score (nSPS) is 14.4. The van der Waals surface area contributed by atoms with Gasteiger partial charge in [-0.15, -0.1) is 0 Å². The van der Waals surface area contributed by atoms with Crippen LogP contribution >= 0.6 is 0 Å². The van der Waals surface area contributed by atoms with Gasteiger partial charge in [-0.3, -0.25) is 9.25 Å². The third kappa shape index (κ3) is 5.29. The van der Waals surface area contributed by atoms with Crippen molar-refractivity contribution in [2.24, 2.45) is 0 Å². The predicted octanol–water partition coefficient (Wildman–Crippen LogP) is 4.40. The lowest BCUT2D eigenvalue weighted by Gasteiger charge is -2.36. The number of aromatic nitrogens is 6. The van der Waals surface area contributed by atoms with Crippen molar-refractivity contribution in [2.45, 2.75) is 44.2 Å². The molecule has 2 atom stereocenters. The van der Waals surface area contributed by atoms with Crippen molar-refractivity contribution in [1.29, 1.82) is 0 Å². The van der Waals surface area contributed by atoms with Crippen LogP contribution in [0, 0.1) is 11.6 Å². The van der Waals surface area contributed by atoms with Crippen molar-refractivity contribution in [3.05, 3.63) is 89.1 Å². The molecule has 0 amide bonds. The van der Waals surface area contributed by atoms with Crippen molar-refractivity contribution in [3.8, 4) is 11.4 Å². The van der Waals surface area contributed by atoms with Gasteiger partial charge in [0.15, 0.2) is 6.61 Å². The quantitative estimate of drug-likeness (QED) is 0.279. The zero-order chi connectivity index (χ0) is 27.7. The molecule has 0 aliphatic rings. The third-order valence-electron chi connectivity index (χ3n) is 6.37. The Bertz CT molecular complexity index is 1440. The monoisotopic (exact) mass is 540 g/mol. The van der Waals surface area contributed by atoms with E-state index in [1.54, 1.807) is 13.8 Å². The fourth-order valence-corrected chi connectivity index (χ4v) is 4.04. The van der Waals surface area contributed by atoms with Gasteiger partial charge in [0.1, 0.15) is 36.4 Å². The Balaban J connectivity index is 1.64. The molecule has 0 aliphatic carbocycles. The number of hydrogen-bond donors (Lipinski definition) is 0. The van der Waals surface area contributed by atoms with Gasteiger partial charge in [0, 0.05) is 17.5 Å². The predicted molar refractivity (Wildman–Crippen MR) is 123 cm³/mol. The molecule has 2 aromatic carbocycles. The topological polar surface area (TPSA) is 79.8 Å². The first kappa shape index (κ1) is 26.9. The molecule has 0 spiro atoms. The highest BCUT2D eigenvalue weighted by atomic mass is 19.3. The second-order valence-corrected chi connectivity index (χ2v) is 8.89. The van der Waals surface area contributed by atoms with Gasteiger partial charge in [-0.1, -0.05) is 13.0 Å². The maximum atomic E-state index is 14.9. The van der Waals surface area contributed by atoms with Crippen molar-refractivity contribution in [3.63, 3.8) is 0 Å². The van der Waals surface area contributed by atoms with E-state index < -0.39 is 47.7 Å². The van der Waals surface area contributed by atoms with Crippen molar-refractivity contribution >= 4 is 0 Å². The molecule has 8 nitrogen and oxygen atoms in total. The summed E-state index contributed by atoms with van der Waals surface area (Å²) in [6.07, 6.45) is 0.115. The van der Waals surface area contributed by atoms with E-state index in [1.165, 1.54) is 58.6 Å². The molecule has 0 saturated heterocycles. The molecule has 4 aromatic rings. The number of halogens is 6. The van der Waals surface area contributed by atoms with E-state index in [-0.39, 0.29) is 23.5 Å². The van der Waals surface area contributed by atoms with Crippen LogP contribution in [0.1, 0.15) is 25.5 Å². The Hall–Kier alpha value is -4.10. The van der Waals surface area contributed by atoms with Gasteiger partial charge >= 0.3 is 18.0 Å². The molecule has 2 heterocycles. The Labute approximate surface area is 212 Å². The van der Waals surface area contributed by atoms with Gasteiger partial charge in [-0.25, -0.2) is 27.3 Å². The summed E-state index contributed by atoms with van der Waals surface area (Å²) in [5, 5.41) is 8.18. The largest absolute Gasteiger partial charge is 0.487 e. The van der Waals surface area contributed by atoms with Gasteiger partial charge in [0.2, 0.25) is 0 Å². The summed E-state index contributed by atoms with van der Waals surface area (Å²) in [5.74, 6) is -5.97. The SMILES string of the molecule is CC(n1cnn(-c2ccc(OCC(F)(F)C(F)F)cc2)c1=O)C(C)(Cn1cncn1)c1ccc(F)cc1F. The molecule has 202 valence electrons. The van der Waals surface area contributed by atoms with Crippen LogP contribution in [0.5, 0.6) is 5.75 Å². The third-order valence-corrected chi connectivity index (χ3v) is 6.37. The van der Waals surface area contributed by atoms with Crippen molar-refractivity contribution in [2.75, 3.05) is 6.61 Å². The average molecular weight is 540 g/mol. The van der Waals surface area contributed by atoms with E-state index in [0.29, 0.717) is 0 Å². The molecule has 2 aromatic heterocycles. The van der Waals surface area contributed by atoms with E-state index in [1.807, 2.05) is 0 Å². The minimum Gasteiger partial charge on any atom is -0.487 e. The molecule has 0 bridgehead atoms. The minimum absolute atomic E-state index is 0.0869. The molecule has 2 unspecified atom stereocenters. The van der Waals surface area contributed by atoms with Crippen LogP contribution in [0.15, 0.2) is 66.2 Å². The Kier molecular flexibility index (Phi) is 7.33. The Morgan fingerprint density at radius 1 is 1.03 bits per heavy atom. The number of alkyl halides is 4. The highest BCUT2D eigenvalue weighted by Crippen LogP contribution is 2.38. The van der Waals surface area contributed by atoms with E-state index in [4.69, 9.17) is 4.74 Å². The molecular formula is C24H22F6N6O2. The van der Waals surface area contributed by atoms with Crippen LogP contribution < -0.4 is 10.4 Å². The molecule has 4 rings (SSSR count). The zero-order valence-electron chi connectivity index (χ0n) is 20.1. The lowest BCUT2D eigenvalue weighted by molar-refractivity contribution is -0.148. The summed E-state index contributed by atoms with van der Waals surface area (Å²) in [7, 11) is 0. The van der Waals surface area contributed by atoms with Gasteiger partial charge in [-0.2, -0.15) is 23.7 Å². The number of hydrogen-bond acceptors (Lipinski definition) is 5. The number of benzene rings is 2. The van der Waals surface area contributed by atoms with Gasteiger partial charge in [0.25, 0.3) is 0 Å². The minimum atomic E-state index is -4.31. The zero-order valence-corrected chi connectivity index (χ0v) is 20.1. The fraction of sp³-hybridized carbons (Fsp3) is 0.333. The first-order chi connectivity index (χ1) is 17.9.